The summed E-state index contributed by atoms with van der Waals surface area (Å²) in [6.45, 7) is 9.01. The Bertz CT molecular complexity index is 1090. The van der Waals surface area contributed by atoms with Crippen molar-refractivity contribution in [2.45, 2.75) is 39.5 Å². The summed E-state index contributed by atoms with van der Waals surface area (Å²) in [5.41, 5.74) is 7.20. The van der Waals surface area contributed by atoms with Crippen LogP contribution in [-0.4, -0.2) is 4.98 Å². The van der Waals surface area contributed by atoms with Crippen LogP contribution < -0.4 is 0 Å². The molecule has 3 aromatic carbocycles. The van der Waals surface area contributed by atoms with Crippen LogP contribution in [-0.2, 0) is 0 Å². The number of aromatic nitrogens is 1. The Morgan fingerprint density at radius 3 is 1.93 bits per heavy atom. The third kappa shape index (κ3) is 3.57. The van der Waals surface area contributed by atoms with Crippen LogP contribution in [0.3, 0.4) is 0 Å². The van der Waals surface area contributed by atoms with Crippen molar-refractivity contribution in [2.24, 2.45) is 0 Å². The van der Waals surface area contributed by atoms with E-state index >= 15 is 0 Å². The third-order valence-corrected chi connectivity index (χ3v) is 5.42. The number of fused-ring (bicyclic) bond motifs is 1. The Morgan fingerprint density at radius 2 is 1.21 bits per heavy atom. The predicted octanol–water partition coefficient (Wildman–Crippen LogP) is 7.82. The highest BCUT2D eigenvalue weighted by Gasteiger charge is 2.11. The van der Waals surface area contributed by atoms with Crippen molar-refractivity contribution >= 4 is 10.8 Å². The Balaban J connectivity index is 1.86. The Labute approximate surface area is 168 Å². The second-order valence-electron chi connectivity index (χ2n) is 8.13. The van der Waals surface area contributed by atoms with E-state index in [1.165, 1.54) is 33.0 Å². The zero-order valence-corrected chi connectivity index (χ0v) is 17.1. The minimum Gasteiger partial charge on any atom is -0.248 e. The molecule has 0 bridgehead atoms. The number of hydrogen-bond acceptors (Lipinski definition) is 1. The molecule has 1 heterocycles. The smallest absolute Gasteiger partial charge is 0.0715 e. The summed E-state index contributed by atoms with van der Waals surface area (Å²) in [6.07, 6.45) is 0. The standard InChI is InChI=1S/C27H27N/c1-18(2)21-15-22(19(3)4)17-23(16-21)26-13-8-14-27(28-26)25-12-7-10-20-9-5-6-11-24(20)25/h5-19H,1-4H3. The zero-order chi connectivity index (χ0) is 19.7. The molecular weight excluding hydrogens is 338 g/mol. The fraction of sp³-hybridized carbons (Fsp3) is 0.222. The van der Waals surface area contributed by atoms with Crippen molar-refractivity contribution in [1.82, 2.24) is 4.98 Å². The zero-order valence-electron chi connectivity index (χ0n) is 17.1. The minimum atomic E-state index is 0.499. The van der Waals surface area contributed by atoms with Crippen LogP contribution in [0.2, 0.25) is 0 Å². The van der Waals surface area contributed by atoms with Crippen LogP contribution in [0.25, 0.3) is 33.3 Å². The molecule has 1 nitrogen and oxygen atoms in total. The molecule has 0 amide bonds. The maximum Gasteiger partial charge on any atom is 0.0715 e. The molecule has 28 heavy (non-hydrogen) atoms. The highest BCUT2D eigenvalue weighted by Crippen LogP contribution is 2.31. The molecule has 0 N–H and O–H groups in total. The van der Waals surface area contributed by atoms with Gasteiger partial charge in [-0.15, -0.1) is 0 Å². The summed E-state index contributed by atoms with van der Waals surface area (Å²) < 4.78 is 0. The molecule has 140 valence electrons. The van der Waals surface area contributed by atoms with E-state index in [0.717, 1.165) is 11.4 Å². The lowest BCUT2D eigenvalue weighted by Crippen LogP contribution is -1.96. The van der Waals surface area contributed by atoms with Gasteiger partial charge < -0.3 is 0 Å². The van der Waals surface area contributed by atoms with Crippen LogP contribution in [0.4, 0.5) is 0 Å². The number of nitrogens with zero attached hydrogens (tertiary/aromatic N) is 1. The molecule has 0 radical (unpaired) electrons. The van der Waals surface area contributed by atoms with Gasteiger partial charge in [0.2, 0.25) is 0 Å². The minimum absolute atomic E-state index is 0.499. The van der Waals surface area contributed by atoms with Crippen LogP contribution in [0.1, 0.15) is 50.7 Å². The second-order valence-corrected chi connectivity index (χ2v) is 8.13. The average molecular weight is 366 g/mol. The van der Waals surface area contributed by atoms with Gasteiger partial charge in [0.15, 0.2) is 0 Å². The number of rotatable bonds is 4. The van der Waals surface area contributed by atoms with Crippen molar-refractivity contribution in [3.05, 3.63) is 90.0 Å². The van der Waals surface area contributed by atoms with Gasteiger partial charge in [0.25, 0.3) is 0 Å². The van der Waals surface area contributed by atoms with Gasteiger partial charge >= 0.3 is 0 Å². The first kappa shape index (κ1) is 18.4. The van der Waals surface area contributed by atoms with E-state index in [0.29, 0.717) is 11.8 Å². The molecule has 0 saturated carbocycles. The van der Waals surface area contributed by atoms with E-state index in [2.05, 4.69) is 107 Å². The lowest BCUT2D eigenvalue weighted by atomic mass is 9.92. The lowest BCUT2D eigenvalue weighted by Gasteiger charge is -2.15. The number of hydrogen-bond donors (Lipinski definition) is 0. The summed E-state index contributed by atoms with van der Waals surface area (Å²) in [6, 6.07) is 28.2. The van der Waals surface area contributed by atoms with Crippen molar-refractivity contribution in [1.29, 1.82) is 0 Å². The summed E-state index contributed by atoms with van der Waals surface area (Å²) in [4.78, 5) is 5.06. The molecule has 0 aliphatic carbocycles. The SMILES string of the molecule is CC(C)c1cc(-c2cccc(-c3cccc4ccccc34)n2)cc(C(C)C)c1. The molecule has 0 fully saturated rings. The first-order valence-corrected chi connectivity index (χ1v) is 10.1. The molecule has 0 saturated heterocycles. The van der Waals surface area contributed by atoms with Gasteiger partial charge in [-0.3, -0.25) is 0 Å². The molecular formula is C27H27N. The molecule has 4 aromatic rings. The summed E-state index contributed by atoms with van der Waals surface area (Å²) >= 11 is 0. The number of pyridine rings is 1. The van der Waals surface area contributed by atoms with Crippen molar-refractivity contribution < 1.29 is 0 Å². The monoisotopic (exact) mass is 365 g/mol. The van der Waals surface area contributed by atoms with Crippen LogP contribution in [0.15, 0.2) is 78.9 Å². The van der Waals surface area contributed by atoms with Gasteiger partial charge in [0.05, 0.1) is 11.4 Å². The molecule has 0 unspecified atom stereocenters. The largest absolute Gasteiger partial charge is 0.248 e. The molecule has 0 aliphatic heterocycles. The highest BCUT2D eigenvalue weighted by molar-refractivity contribution is 5.96. The van der Waals surface area contributed by atoms with E-state index in [1.807, 2.05) is 0 Å². The Morgan fingerprint density at radius 1 is 0.607 bits per heavy atom. The summed E-state index contributed by atoms with van der Waals surface area (Å²) in [7, 11) is 0. The first-order chi connectivity index (χ1) is 13.5. The quantitative estimate of drug-likeness (QED) is 0.359. The normalized spacial score (nSPS) is 11.5. The van der Waals surface area contributed by atoms with Crippen molar-refractivity contribution in [3.8, 4) is 22.5 Å². The molecule has 0 spiro atoms. The van der Waals surface area contributed by atoms with E-state index in [4.69, 9.17) is 4.98 Å². The fourth-order valence-corrected chi connectivity index (χ4v) is 3.69. The molecule has 4 rings (SSSR count). The van der Waals surface area contributed by atoms with Gasteiger partial charge in [-0.1, -0.05) is 82.3 Å². The Hall–Kier alpha value is -2.93. The summed E-state index contributed by atoms with van der Waals surface area (Å²) in [5, 5.41) is 2.49. The number of benzene rings is 3. The average Bonchev–Trinajstić information content (AvgIpc) is 2.73. The van der Waals surface area contributed by atoms with Gasteiger partial charge in [-0.2, -0.15) is 0 Å². The first-order valence-electron chi connectivity index (χ1n) is 10.1. The highest BCUT2D eigenvalue weighted by atomic mass is 14.7. The van der Waals surface area contributed by atoms with Crippen LogP contribution in [0.5, 0.6) is 0 Å². The van der Waals surface area contributed by atoms with Crippen LogP contribution in [0, 0.1) is 0 Å². The fourth-order valence-electron chi connectivity index (χ4n) is 3.69. The lowest BCUT2D eigenvalue weighted by molar-refractivity contribution is 0.834. The van der Waals surface area contributed by atoms with E-state index in [9.17, 15) is 0 Å². The van der Waals surface area contributed by atoms with Crippen molar-refractivity contribution in [2.75, 3.05) is 0 Å². The van der Waals surface area contributed by atoms with E-state index < -0.39 is 0 Å². The summed E-state index contributed by atoms with van der Waals surface area (Å²) in [5.74, 6) is 0.998. The molecule has 1 aromatic heterocycles. The maximum atomic E-state index is 5.06. The predicted molar refractivity (Wildman–Crippen MR) is 121 cm³/mol. The third-order valence-electron chi connectivity index (χ3n) is 5.42. The van der Waals surface area contributed by atoms with E-state index in [-0.39, 0.29) is 0 Å². The maximum absolute atomic E-state index is 5.06. The van der Waals surface area contributed by atoms with Crippen molar-refractivity contribution in [3.63, 3.8) is 0 Å². The topological polar surface area (TPSA) is 12.9 Å². The molecule has 1 heteroatoms. The molecule has 0 aliphatic rings. The van der Waals surface area contributed by atoms with E-state index in [1.54, 1.807) is 0 Å². The second kappa shape index (κ2) is 7.59. The molecule has 0 atom stereocenters. The van der Waals surface area contributed by atoms with Gasteiger partial charge in [0.1, 0.15) is 0 Å². The van der Waals surface area contributed by atoms with Crippen LogP contribution >= 0.6 is 0 Å². The van der Waals surface area contributed by atoms with Gasteiger partial charge in [-0.25, -0.2) is 4.98 Å². The van der Waals surface area contributed by atoms with Gasteiger partial charge in [0, 0.05) is 11.1 Å². The Kier molecular flexibility index (Phi) is 5.00. The van der Waals surface area contributed by atoms with Gasteiger partial charge in [-0.05, 0) is 58.0 Å².